The predicted molar refractivity (Wildman–Crippen MR) is 75.8 cm³/mol. The Hall–Kier alpha value is -0.970. The minimum atomic E-state index is -2.47. The number of amides is 1. The highest BCUT2D eigenvalue weighted by Crippen LogP contribution is 2.08. The summed E-state index contributed by atoms with van der Waals surface area (Å²) < 4.78 is 24.7. The Morgan fingerprint density at radius 3 is 2.53 bits per heavy atom. The highest BCUT2D eigenvalue weighted by Gasteiger charge is 2.16. The highest BCUT2D eigenvalue weighted by molar-refractivity contribution is 9.09. The molecule has 0 fully saturated rings. The van der Waals surface area contributed by atoms with Gasteiger partial charge >= 0.3 is 0 Å². The van der Waals surface area contributed by atoms with E-state index in [0.29, 0.717) is 24.7 Å². The van der Waals surface area contributed by atoms with Crippen molar-refractivity contribution >= 4 is 21.8 Å². The molecule has 0 aromatic heterocycles. The standard InChI is InChI=1S/C14H18BrF2NO/c15-9-10-18(11-13(16)17)14(19)8-4-7-12-5-2-1-3-6-12/h1-3,5-6,13H,4,7-11H2. The van der Waals surface area contributed by atoms with Gasteiger partial charge in [0, 0.05) is 18.3 Å². The summed E-state index contributed by atoms with van der Waals surface area (Å²) in [5.41, 5.74) is 1.16. The molecule has 0 aliphatic rings. The lowest BCUT2D eigenvalue weighted by Crippen LogP contribution is -2.36. The zero-order valence-corrected chi connectivity index (χ0v) is 12.3. The SMILES string of the molecule is O=C(CCCc1ccccc1)N(CCBr)CC(F)F. The number of nitrogens with zero attached hydrogens (tertiary/aromatic N) is 1. The number of alkyl halides is 3. The van der Waals surface area contributed by atoms with E-state index in [2.05, 4.69) is 15.9 Å². The molecule has 0 saturated carbocycles. The summed E-state index contributed by atoms with van der Waals surface area (Å²) >= 11 is 3.17. The Morgan fingerprint density at radius 1 is 1.26 bits per heavy atom. The van der Waals surface area contributed by atoms with Gasteiger partial charge in [-0.1, -0.05) is 46.3 Å². The molecule has 0 unspecified atom stereocenters. The number of benzene rings is 1. The van der Waals surface area contributed by atoms with E-state index in [0.717, 1.165) is 12.0 Å². The van der Waals surface area contributed by atoms with Gasteiger partial charge in [-0.3, -0.25) is 4.79 Å². The van der Waals surface area contributed by atoms with Crippen molar-refractivity contribution < 1.29 is 13.6 Å². The van der Waals surface area contributed by atoms with Crippen molar-refractivity contribution in [3.8, 4) is 0 Å². The Bertz CT molecular complexity index is 373. The second-order valence-electron chi connectivity index (χ2n) is 4.26. The molecule has 2 nitrogen and oxygen atoms in total. The summed E-state index contributed by atoms with van der Waals surface area (Å²) in [7, 11) is 0. The van der Waals surface area contributed by atoms with Crippen LogP contribution >= 0.6 is 15.9 Å². The maximum absolute atomic E-state index is 12.3. The molecule has 1 aromatic carbocycles. The number of halogens is 3. The van der Waals surface area contributed by atoms with Gasteiger partial charge in [-0.25, -0.2) is 8.78 Å². The molecular weight excluding hydrogens is 316 g/mol. The number of hydrogen-bond acceptors (Lipinski definition) is 1. The number of rotatable bonds is 8. The average Bonchev–Trinajstić information content (AvgIpc) is 2.39. The molecule has 1 aromatic rings. The molecule has 0 spiro atoms. The van der Waals surface area contributed by atoms with E-state index in [1.165, 1.54) is 4.90 Å². The van der Waals surface area contributed by atoms with Gasteiger partial charge in [-0.15, -0.1) is 0 Å². The molecule has 0 radical (unpaired) electrons. The van der Waals surface area contributed by atoms with Gasteiger partial charge < -0.3 is 4.90 Å². The van der Waals surface area contributed by atoms with Crippen LogP contribution in [-0.4, -0.2) is 35.7 Å². The van der Waals surface area contributed by atoms with Crippen LogP contribution in [0.1, 0.15) is 18.4 Å². The molecule has 0 aliphatic carbocycles. The molecule has 0 atom stereocenters. The zero-order chi connectivity index (χ0) is 14.1. The molecule has 0 bridgehead atoms. The van der Waals surface area contributed by atoms with Crippen LogP contribution in [0.3, 0.4) is 0 Å². The van der Waals surface area contributed by atoms with Crippen molar-refractivity contribution in [3.05, 3.63) is 35.9 Å². The normalized spacial score (nSPS) is 10.7. The van der Waals surface area contributed by atoms with Gasteiger partial charge in [0.15, 0.2) is 0 Å². The third kappa shape index (κ3) is 6.66. The smallest absolute Gasteiger partial charge is 0.255 e. The topological polar surface area (TPSA) is 20.3 Å². The summed E-state index contributed by atoms with van der Waals surface area (Å²) in [5, 5.41) is 0.518. The molecule has 1 amide bonds. The van der Waals surface area contributed by atoms with Gasteiger partial charge in [0.25, 0.3) is 6.43 Å². The van der Waals surface area contributed by atoms with Crippen molar-refractivity contribution in [1.82, 2.24) is 4.90 Å². The first-order valence-corrected chi connectivity index (χ1v) is 7.41. The molecular formula is C14H18BrF2NO. The van der Waals surface area contributed by atoms with Crippen LogP contribution in [0, 0.1) is 0 Å². The minimum Gasteiger partial charge on any atom is -0.336 e. The summed E-state index contributed by atoms with van der Waals surface area (Å²) in [5.74, 6) is -0.198. The van der Waals surface area contributed by atoms with Gasteiger partial charge in [0.05, 0.1) is 6.54 Å². The first kappa shape index (κ1) is 16.1. The Labute approximate surface area is 120 Å². The van der Waals surface area contributed by atoms with E-state index >= 15 is 0 Å². The summed E-state index contributed by atoms with van der Waals surface area (Å²) in [6.45, 7) is -0.149. The maximum Gasteiger partial charge on any atom is 0.255 e. The largest absolute Gasteiger partial charge is 0.336 e. The fourth-order valence-corrected chi connectivity index (χ4v) is 2.26. The van der Waals surface area contributed by atoms with E-state index in [1.807, 2.05) is 30.3 Å². The van der Waals surface area contributed by atoms with Crippen LogP contribution in [0.2, 0.25) is 0 Å². The molecule has 106 valence electrons. The van der Waals surface area contributed by atoms with Crippen LogP contribution in [-0.2, 0) is 11.2 Å². The third-order valence-corrected chi connectivity index (χ3v) is 3.12. The van der Waals surface area contributed by atoms with E-state index in [-0.39, 0.29) is 5.91 Å². The number of carbonyl (C=O) groups is 1. The van der Waals surface area contributed by atoms with Gasteiger partial charge in [-0.05, 0) is 18.4 Å². The van der Waals surface area contributed by atoms with Crippen molar-refractivity contribution in [1.29, 1.82) is 0 Å². The molecule has 0 heterocycles. The van der Waals surface area contributed by atoms with Crippen LogP contribution < -0.4 is 0 Å². The quantitative estimate of drug-likeness (QED) is 0.667. The average molecular weight is 334 g/mol. The monoisotopic (exact) mass is 333 g/mol. The van der Waals surface area contributed by atoms with Crippen molar-refractivity contribution in [2.45, 2.75) is 25.7 Å². The van der Waals surface area contributed by atoms with Crippen LogP contribution in [0.5, 0.6) is 0 Å². The molecule has 19 heavy (non-hydrogen) atoms. The van der Waals surface area contributed by atoms with E-state index in [1.54, 1.807) is 0 Å². The number of aryl methyl sites for hydroxylation is 1. The lowest BCUT2D eigenvalue weighted by molar-refractivity contribution is -0.132. The fourth-order valence-electron chi connectivity index (χ4n) is 1.83. The number of carbonyl (C=O) groups excluding carboxylic acids is 1. The van der Waals surface area contributed by atoms with Crippen LogP contribution in [0.15, 0.2) is 30.3 Å². The second kappa shape index (κ2) is 9.02. The van der Waals surface area contributed by atoms with Crippen molar-refractivity contribution in [3.63, 3.8) is 0 Å². The van der Waals surface area contributed by atoms with Crippen LogP contribution in [0.4, 0.5) is 8.78 Å². The van der Waals surface area contributed by atoms with Crippen molar-refractivity contribution in [2.75, 3.05) is 18.4 Å². The lowest BCUT2D eigenvalue weighted by Gasteiger charge is -2.21. The molecule has 1 rings (SSSR count). The Balaban J connectivity index is 2.35. The Morgan fingerprint density at radius 2 is 1.95 bits per heavy atom. The molecule has 5 heteroatoms. The van der Waals surface area contributed by atoms with E-state index < -0.39 is 13.0 Å². The fraction of sp³-hybridized carbons (Fsp3) is 0.500. The predicted octanol–water partition coefficient (Wildman–Crippen LogP) is 3.50. The molecule has 0 aliphatic heterocycles. The lowest BCUT2D eigenvalue weighted by atomic mass is 10.1. The van der Waals surface area contributed by atoms with Crippen molar-refractivity contribution in [2.24, 2.45) is 0 Å². The van der Waals surface area contributed by atoms with Gasteiger partial charge in [0.2, 0.25) is 5.91 Å². The van der Waals surface area contributed by atoms with Crippen LogP contribution in [0.25, 0.3) is 0 Å². The van der Waals surface area contributed by atoms with E-state index in [9.17, 15) is 13.6 Å². The van der Waals surface area contributed by atoms with Gasteiger partial charge in [-0.2, -0.15) is 0 Å². The maximum atomic E-state index is 12.3. The summed E-state index contributed by atoms with van der Waals surface area (Å²) in [6.07, 6.45) is -0.680. The molecule has 0 N–H and O–H groups in total. The first-order valence-electron chi connectivity index (χ1n) is 6.29. The summed E-state index contributed by atoms with van der Waals surface area (Å²) in [4.78, 5) is 13.1. The minimum absolute atomic E-state index is 0.198. The number of hydrogen-bond donors (Lipinski definition) is 0. The molecule has 0 saturated heterocycles. The third-order valence-electron chi connectivity index (χ3n) is 2.76. The summed E-state index contributed by atoms with van der Waals surface area (Å²) in [6, 6.07) is 9.84. The highest BCUT2D eigenvalue weighted by atomic mass is 79.9. The zero-order valence-electron chi connectivity index (χ0n) is 10.7. The Kier molecular flexibility index (Phi) is 7.63. The first-order chi connectivity index (χ1) is 9.13. The second-order valence-corrected chi connectivity index (χ2v) is 5.05. The van der Waals surface area contributed by atoms with Gasteiger partial charge in [0.1, 0.15) is 0 Å². The van der Waals surface area contributed by atoms with E-state index in [4.69, 9.17) is 0 Å².